The molecule has 2 rings (SSSR count). The number of hydrogen-bond donors (Lipinski definition) is 5. The molecule has 13 heteroatoms. The fourth-order valence-corrected chi connectivity index (χ4v) is 2.60. The molecule has 1 saturated heterocycles. The third kappa shape index (κ3) is 10.4. The minimum atomic E-state index is -5.08. The van der Waals surface area contributed by atoms with Crippen LogP contribution in [0.5, 0.6) is 0 Å². The highest BCUT2D eigenvalue weighted by Gasteiger charge is 2.38. The summed E-state index contributed by atoms with van der Waals surface area (Å²) in [5, 5.41) is 24.0. The average molecular weight is 472 g/mol. The minimum absolute atomic E-state index is 0.283. The van der Waals surface area contributed by atoms with E-state index in [0.29, 0.717) is 5.56 Å². The van der Waals surface area contributed by atoms with Crippen molar-refractivity contribution in [1.29, 1.82) is 0 Å². The lowest BCUT2D eigenvalue weighted by molar-refractivity contribution is -0.192. The van der Waals surface area contributed by atoms with Gasteiger partial charge in [0, 0.05) is 37.4 Å². The number of benzene rings is 1. The standard InChI is InChI=1S/C18H22N4O4.C2HF3O2/c1-2-14(11-17(24)25)21-16(23)12-20-18(26)13-4-3-5-15(10-13)22-8-6-19-7-9-22;3-2(4,5)1(6)7/h1,3-5,10,14,19H,6-9,11-12H2,(H,20,26)(H,21,23)(H,24,25);(H,6,7)/t14-;/m1./s1. The molecule has 1 aromatic rings. The second kappa shape index (κ2) is 12.9. The number of hydrogen-bond acceptors (Lipinski definition) is 6. The normalized spacial score (nSPS) is 14.1. The van der Waals surface area contributed by atoms with Crippen molar-refractivity contribution in [3.8, 4) is 12.3 Å². The Bertz CT molecular complexity index is 895. The minimum Gasteiger partial charge on any atom is -0.481 e. The first-order valence-corrected chi connectivity index (χ1v) is 9.55. The summed E-state index contributed by atoms with van der Waals surface area (Å²) in [5.41, 5.74) is 1.41. The lowest BCUT2D eigenvalue weighted by atomic mass is 10.1. The largest absolute Gasteiger partial charge is 0.490 e. The van der Waals surface area contributed by atoms with Gasteiger partial charge in [-0.2, -0.15) is 13.2 Å². The van der Waals surface area contributed by atoms with E-state index in [1.807, 2.05) is 6.07 Å². The summed E-state index contributed by atoms with van der Waals surface area (Å²) in [5.74, 6) is -2.60. The van der Waals surface area contributed by atoms with E-state index in [2.05, 4.69) is 26.8 Å². The lowest BCUT2D eigenvalue weighted by Gasteiger charge is -2.29. The average Bonchev–Trinajstić information content (AvgIpc) is 2.77. The van der Waals surface area contributed by atoms with Crippen molar-refractivity contribution in [2.45, 2.75) is 18.6 Å². The van der Waals surface area contributed by atoms with Crippen molar-refractivity contribution in [2.75, 3.05) is 37.6 Å². The van der Waals surface area contributed by atoms with E-state index in [4.69, 9.17) is 21.4 Å². The van der Waals surface area contributed by atoms with Gasteiger partial charge >= 0.3 is 18.1 Å². The van der Waals surface area contributed by atoms with Crippen LogP contribution >= 0.6 is 0 Å². The molecule has 0 spiro atoms. The Hall–Kier alpha value is -3.79. The predicted molar refractivity (Wildman–Crippen MR) is 111 cm³/mol. The molecule has 1 aromatic carbocycles. The number of alkyl halides is 3. The molecule has 2 amide bonds. The van der Waals surface area contributed by atoms with Crippen molar-refractivity contribution in [3.05, 3.63) is 29.8 Å². The summed E-state index contributed by atoms with van der Waals surface area (Å²) >= 11 is 0. The fourth-order valence-electron chi connectivity index (χ4n) is 2.60. The number of rotatable bonds is 7. The Morgan fingerprint density at radius 2 is 1.79 bits per heavy atom. The van der Waals surface area contributed by atoms with Crippen molar-refractivity contribution < 1.29 is 42.6 Å². The van der Waals surface area contributed by atoms with Gasteiger partial charge < -0.3 is 31.1 Å². The summed E-state index contributed by atoms with van der Waals surface area (Å²) < 4.78 is 31.7. The number of carbonyl (C=O) groups excluding carboxylic acids is 2. The van der Waals surface area contributed by atoms with Crippen LogP contribution in [0, 0.1) is 12.3 Å². The van der Waals surface area contributed by atoms with Gasteiger partial charge in [-0.1, -0.05) is 12.0 Å². The predicted octanol–water partition coefficient (Wildman–Crippen LogP) is 0.0520. The van der Waals surface area contributed by atoms with Crippen molar-refractivity contribution in [2.24, 2.45) is 0 Å². The number of nitrogens with one attached hydrogen (secondary N) is 3. The molecule has 180 valence electrons. The number of anilines is 1. The van der Waals surface area contributed by atoms with Crippen LogP contribution < -0.4 is 20.9 Å². The van der Waals surface area contributed by atoms with Gasteiger partial charge in [0.2, 0.25) is 5.91 Å². The first-order chi connectivity index (χ1) is 15.4. The van der Waals surface area contributed by atoms with Gasteiger partial charge in [0.05, 0.1) is 13.0 Å². The highest BCUT2D eigenvalue weighted by molar-refractivity contribution is 5.97. The number of piperazine rings is 1. The zero-order chi connectivity index (χ0) is 25.0. The summed E-state index contributed by atoms with van der Waals surface area (Å²) in [6.45, 7) is 3.23. The number of halogens is 3. The molecule has 1 fully saturated rings. The summed E-state index contributed by atoms with van der Waals surface area (Å²) in [6.07, 6.45) is -0.276. The highest BCUT2D eigenvalue weighted by atomic mass is 19.4. The summed E-state index contributed by atoms with van der Waals surface area (Å²) in [4.78, 5) is 45.8. The Labute approximate surface area is 187 Å². The van der Waals surface area contributed by atoms with Gasteiger partial charge in [-0.25, -0.2) is 4.79 Å². The molecule has 33 heavy (non-hydrogen) atoms. The van der Waals surface area contributed by atoms with E-state index in [1.54, 1.807) is 18.2 Å². The quantitative estimate of drug-likeness (QED) is 0.350. The highest BCUT2D eigenvalue weighted by Crippen LogP contribution is 2.16. The zero-order valence-corrected chi connectivity index (χ0v) is 17.3. The van der Waals surface area contributed by atoms with Crippen LogP contribution in [0.2, 0.25) is 0 Å². The molecule has 5 N–H and O–H groups in total. The van der Waals surface area contributed by atoms with E-state index in [1.165, 1.54) is 0 Å². The van der Waals surface area contributed by atoms with E-state index in [-0.39, 0.29) is 18.9 Å². The van der Waals surface area contributed by atoms with Crippen LogP contribution in [0.15, 0.2) is 24.3 Å². The van der Waals surface area contributed by atoms with Gasteiger partial charge in [0.25, 0.3) is 5.91 Å². The van der Waals surface area contributed by atoms with Gasteiger partial charge in [0.1, 0.15) is 6.04 Å². The maximum Gasteiger partial charge on any atom is 0.490 e. The summed E-state index contributed by atoms with van der Waals surface area (Å²) in [7, 11) is 0. The van der Waals surface area contributed by atoms with E-state index in [0.717, 1.165) is 31.9 Å². The fraction of sp³-hybridized carbons (Fsp3) is 0.400. The smallest absolute Gasteiger partial charge is 0.481 e. The van der Waals surface area contributed by atoms with Crippen LogP contribution in [0.1, 0.15) is 16.8 Å². The first kappa shape index (κ1) is 27.2. The van der Waals surface area contributed by atoms with Gasteiger partial charge in [-0.3, -0.25) is 14.4 Å². The molecule has 1 heterocycles. The first-order valence-electron chi connectivity index (χ1n) is 9.55. The number of carbonyl (C=O) groups is 4. The second-order valence-corrected chi connectivity index (χ2v) is 6.66. The molecule has 0 bridgehead atoms. The molecule has 1 aliphatic rings. The van der Waals surface area contributed by atoms with E-state index >= 15 is 0 Å². The Morgan fingerprint density at radius 3 is 2.30 bits per heavy atom. The Morgan fingerprint density at radius 1 is 1.18 bits per heavy atom. The third-order valence-corrected chi connectivity index (χ3v) is 4.16. The molecular weight excluding hydrogens is 449 g/mol. The molecule has 0 saturated carbocycles. The number of nitrogens with zero attached hydrogens (tertiary/aromatic N) is 1. The number of carboxylic acid groups (broad SMARTS) is 2. The third-order valence-electron chi connectivity index (χ3n) is 4.16. The zero-order valence-electron chi connectivity index (χ0n) is 17.3. The van der Waals surface area contributed by atoms with Gasteiger partial charge in [-0.05, 0) is 18.2 Å². The van der Waals surface area contributed by atoms with E-state index < -0.39 is 30.1 Å². The molecule has 10 nitrogen and oxygen atoms in total. The van der Waals surface area contributed by atoms with Gasteiger partial charge in [-0.15, -0.1) is 6.42 Å². The second-order valence-electron chi connectivity index (χ2n) is 6.66. The molecule has 1 aliphatic heterocycles. The molecule has 0 unspecified atom stereocenters. The van der Waals surface area contributed by atoms with Crippen LogP contribution in [0.3, 0.4) is 0 Å². The van der Waals surface area contributed by atoms with Crippen LogP contribution in [0.25, 0.3) is 0 Å². The topological polar surface area (TPSA) is 148 Å². The Balaban J connectivity index is 0.000000675. The van der Waals surface area contributed by atoms with Crippen LogP contribution in [-0.2, 0) is 14.4 Å². The molecule has 1 atom stereocenters. The lowest BCUT2D eigenvalue weighted by Crippen LogP contribution is -2.43. The van der Waals surface area contributed by atoms with Crippen LogP contribution in [0.4, 0.5) is 18.9 Å². The SMILES string of the molecule is C#C[C@H](CC(=O)O)NC(=O)CNC(=O)c1cccc(N2CCNCC2)c1.O=C(O)C(F)(F)F. The van der Waals surface area contributed by atoms with Crippen molar-refractivity contribution in [1.82, 2.24) is 16.0 Å². The van der Waals surface area contributed by atoms with Gasteiger partial charge in [0.15, 0.2) is 0 Å². The monoisotopic (exact) mass is 472 g/mol. The van der Waals surface area contributed by atoms with Crippen LogP contribution in [-0.4, -0.2) is 78.9 Å². The maximum absolute atomic E-state index is 12.3. The maximum atomic E-state index is 12.3. The molecule has 0 radical (unpaired) electrons. The number of aliphatic carboxylic acids is 2. The number of carboxylic acids is 2. The number of terminal acetylenes is 1. The number of amides is 2. The van der Waals surface area contributed by atoms with Crippen molar-refractivity contribution in [3.63, 3.8) is 0 Å². The summed E-state index contributed by atoms with van der Waals surface area (Å²) in [6, 6.07) is 6.29. The molecule has 0 aromatic heterocycles. The molecular formula is C20H23F3N4O6. The molecule has 0 aliphatic carbocycles. The van der Waals surface area contributed by atoms with Crippen molar-refractivity contribution >= 4 is 29.4 Å². The van der Waals surface area contributed by atoms with E-state index in [9.17, 15) is 27.6 Å². The Kier molecular flexibility index (Phi) is 10.7.